The van der Waals surface area contributed by atoms with Crippen molar-refractivity contribution in [3.05, 3.63) is 52.5 Å². The van der Waals surface area contributed by atoms with Crippen LogP contribution in [0.15, 0.2) is 35.3 Å². The molecule has 0 bridgehead atoms. The molecule has 1 atom stereocenters. The molecule has 1 fully saturated rings. The highest BCUT2D eigenvalue weighted by Crippen LogP contribution is 2.25. The van der Waals surface area contributed by atoms with Gasteiger partial charge in [0.05, 0.1) is 19.3 Å². The van der Waals surface area contributed by atoms with Crippen molar-refractivity contribution >= 4 is 17.0 Å². The molecule has 0 unspecified atom stereocenters. The summed E-state index contributed by atoms with van der Waals surface area (Å²) in [5, 5.41) is 22.8. The first-order valence-electron chi connectivity index (χ1n) is 10.1. The van der Waals surface area contributed by atoms with Crippen LogP contribution < -0.4 is 15.6 Å². The zero-order valence-electron chi connectivity index (χ0n) is 17.0. The maximum absolute atomic E-state index is 14.0. The Morgan fingerprint density at radius 3 is 2.75 bits per heavy atom. The van der Waals surface area contributed by atoms with E-state index in [1.54, 1.807) is 0 Å². The van der Waals surface area contributed by atoms with Gasteiger partial charge in [-0.3, -0.25) is 9.36 Å². The number of pyridine rings is 1. The fourth-order valence-electron chi connectivity index (χ4n) is 3.41. The fourth-order valence-corrected chi connectivity index (χ4v) is 3.41. The lowest BCUT2D eigenvalue weighted by Gasteiger charge is -2.23. The Bertz CT molecular complexity index is 1170. The minimum atomic E-state index is -1.24. The minimum Gasteiger partial charge on any atom is -0.448 e. The number of aliphatic hydroxyl groups is 2. The average Bonchev–Trinajstić information content (AvgIpc) is 2.79. The monoisotopic (exact) mass is 448 g/mol. The molecule has 2 aromatic heterocycles. The molecule has 4 rings (SSSR count). The van der Waals surface area contributed by atoms with Crippen molar-refractivity contribution in [1.29, 1.82) is 0 Å². The molecule has 3 aromatic rings. The van der Waals surface area contributed by atoms with E-state index in [4.69, 9.17) is 9.47 Å². The average molecular weight is 448 g/mol. The maximum atomic E-state index is 14.0. The molecule has 9 nitrogen and oxygen atoms in total. The molecule has 0 radical (unpaired) electrons. The molecule has 1 aliphatic rings. The van der Waals surface area contributed by atoms with E-state index >= 15 is 0 Å². The zero-order chi connectivity index (χ0) is 22.7. The molecule has 0 saturated carbocycles. The normalized spacial score (nSPS) is 15.6. The van der Waals surface area contributed by atoms with Crippen molar-refractivity contribution in [1.82, 2.24) is 14.5 Å². The van der Waals surface area contributed by atoms with Crippen LogP contribution >= 0.6 is 0 Å². The number of anilines is 1. The van der Waals surface area contributed by atoms with Gasteiger partial charge in [0.25, 0.3) is 5.56 Å². The quantitative estimate of drug-likeness (QED) is 0.501. The molecule has 170 valence electrons. The van der Waals surface area contributed by atoms with E-state index in [1.165, 1.54) is 12.3 Å². The molecule has 1 aromatic carbocycles. The number of ether oxygens (including phenoxy) is 2. The number of nitrogens with one attached hydrogen (secondary N) is 1. The third-order valence-electron chi connectivity index (χ3n) is 5.07. The van der Waals surface area contributed by atoms with Gasteiger partial charge in [-0.2, -0.15) is 4.98 Å². The van der Waals surface area contributed by atoms with Crippen LogP contribution in [0, 0.1) is 11.6 Å². The standard InChI is InChI=1S/C21H22F2N4O5/c22-13-1-2-17(16(23)8-13)32-18-7-12-9-24-21(25-14-3-5-31-6-4-14)26-19(12)27(20(18)30)10-15(29)11-28/h1-2,7-9,14-15,28-29H,3-6,10-11H2,(H,24,25,26)/t15-/m0/s1. The second kappa shape index (κ2) is 9.55. The van der Waals surface area contributed by atoms with Crippen molar-refractivity contribution in [3.63, 3.8) is 0 Å². The van der Waals surface area contributed by atoms with Gasteiger partial charge >= 0.3 is 0 Å². The topological polar surface area (TPSA) is 119 Å². The van der Waals surface area contributed by atoms with Crippen molar-refractivity contribution in [2.45, 2.75) is 31.5 Å². The van der Waals surface area contributed by atoms with Crippen LogP contribution in [0.3, 0.4) is 0 Å². The van der Waals surface area contributed by atoms with Crippen molar-refractivity contribution in [2.75, 3.05) is 25.1 Å². The molecular weight excluding hydrogens is 426 g/mol. The van der Waals surface area contributed by atoms with Gasteiger partial charge in [-0.25, -0.2) is 13.8 Å². The predicted molar refractivity (Wildman–Crippen MR) is 111 cm³/mol. The van der Waals surface area contributed by atoms with Gasteiger partial charge < -0.3 is 25.0 Å². The molecule has 3 N–H and O–H groups in total. The van der Waals surface area contributed by atoms with Crippen LogP contribution in [0.4, 0.5) is 14.7 Å². The number of halogens is 2. The van der Waals surface area contributed by atoms with E-state index in [1.807, 2.05) is 0 Å². The number of nitrogens with zero attached hydrogens (tertiary/aromatic N) is 3. The lowest BCUT2D eigenvalue weighted by molar-refractivity contribution is 0.0811. The summed E-state index contributed by atoms with van der Waals surface area (Å²) in [6, 6.07) is 4.18. The van der Waals surface area contributed by atoms with E-state index in [2.05, 4.69) is 15.3 Å². The van der Waals surface area contributed by atoms with E-state index < -0.39 is 29.9 Å². The van der Waals surface area contributed by atoms with Gasteiger partial charge in [0, 0.05) is 36.9 Å². The lowest BCUT2D eigenvalue weighted by atomic mass is 10.1. The van der Waals surface area contributed by atoms with Gasteiger partial charge in [-0.1, -0.05) is 0 Å². The summed E-state index contributed by atoms with van der Waals surface area (Å²) in [4.78, 5) is 21.8. The van der Waals surface area contributed by atoms with Crippen LogP contribution in [-0.2, 0) is 11.3 Å². The molecule has 11 heteroatoms. The van der Waals surface area contributed by atoms with Crippen LogP contribution in [0.1, 0.15) is 12.8 Å². The van der Waals surface area contributed by atoms with Gasteiger partial charge in [-0.05, 0) is 31.0 Å². The number of hydrogen-bond donors (Lipinski definition) is 3. The third kappa shape index (κ3) is 4.85. The second-order valence-corrected chi connectivity index (χ2v) is 7.44. The number of hydrogen-bond acceptors (Lipinski definition) is 8. The Labute approximate surface area is 181 Å². The summed E-state index contributed by atoms with van der Waals surface area (Å²) in [6.07, 6.45) is 1.80. The molecule has 32 heavy (non-hydrogen) atoms. The second-order valence-electron chi connectivity index (χ2n) is 7.44. The highest BCUT2D eigenvalue weighted by atomic mass is 19.1. The Hall–Kier alpha value is -3.15. The highest BCUT2D eigenvalue weighted by Gasteiger charge is 2.19. The first-order chi connectivity index (χ1) is 15.4. The fraction of sp³-hybridized carbons (Fsp3) is 0.381. The van der Waals surface area contributed by atoms with E-state index in [-0.39, 0.29) is 29.7 Å². The minimum absolute atomic E-state index is 0.119. The Morgan fingerprint density at radius 1 is 1.25 bits per heavy atom. The summed E-state index contributed by atoms with van der Waals surface area (Å²) in [7, 11) is 0. The SMILES string of the molecule is O=c1c(Oc2ccc(F)cc2F)cc2cnc(NC3CCOCC3)nc2n1C[C@H](O)CO. The van der Waals surface area contributed by atoms with Crippen LogP contribution in [0.5, 0.6) is 11.5 Å². The van der Waals surface area contributed by atoms with E-state index in [0.29, 0.717) is 30.6 Å². The first kappa shape index (κ1) is 22.1. The number of fused-ring (bicyclic) bond motifs is 1. The number of aliphatic hydroxyl groups excluding tert-OH is 2. The van der Waals surface area contributed by atoms with Crippen molar-refractivity contribution in [2.24, 2.45) is 0 Å². The van der Waals surface area contributed by atoms with Crippen LogP contribution in [0.2, 0.25) is 0 Å². The molecule has 1 saturated heterocycles. The van der Waals surface area contributed by atoms with Crippen LogP contribution in [0.25, 0.3) is 11.0 Å². The van der Waals surface area contributed by atoms with Gasteiger partial charge in [-0.15, -0.1) is 0 Å². The Morgan fingerprint density at radius 2 is 2.03 bits per heavy atom. The molecule has 0 amide bonds. The van der Waals surface area contributed by atoms with Crippen molar-refractivity contribution in [3.8, 4) is 11.5 Å². The van der Waals surface area contributed by atoms with Gasteiger partial charge in [0.1, 0.15) is 11.5 Å². The van der Waals surface area contributed by atoms with E-state index in [0.717, 1.165) is 29.5 Å². The summed E-state index contributed by atoms with van der Waals surface area (Å²) in [6.45, 7) is 0.394. The Balaban J connectivity index is 1.74. The lowest BCUT2D eigenvalue weighted by Crippen LogP contribution is -2.31. The van der Waals surface area contributed by atoms with Crippen molar-refractivity contribution < 1.29 is 28.5 Å². The largest absolute Gasteiger partial charge is 0.448 e. The molecule has 0 aliphatic carbocycles. The summed E-state index contributed by atoms with van der Waals surface area (Å²) < 4.78 is 39.1. The summed E-state index contributed by atoms with van der Waals surface area (Å²) >= 11 is 0. The predicted octanol–water partition coefficient (Wildman–Crippen LogP) is 1.81. The van der Waals surface area contributed by atoms with E-state index in [9.17, 15) is 23.8 Å². The molecule has 1 aliphatic heterocycles. The summed E-state index contributed by atoms with van der Waals surface area (Å²) in [5.74, 6) is -2.06. The highest BCUT2D eigenvalue weighted by molar-refractivity contribution is 5.77. The molecular formula is C21H22F2N4O5. The number of rotatable bonds is 7. The molecule has 3 heterocycles. The summed E-state index contributed by atoms with van der Waals surface area (Å²) in [5.41, 5.74) is -0.497. The number of aromatic nitrogens is 3. The molecule has 0 spiro atoms. The third-order valence-corrected chi connectivity index (χ3v) is 5.07. The van der Waals surface area contributed by atoms with Gasteiger partial charge in [0.2, 0.25) is 5.95 Å². The maximum Gasteiger partial charge on any atom is 0.295 e. The van der Waals surface area contributed by atoms with Gasteiger partial charge in [0.15, 0.2) is 17.3 Å². The van der Waals surface area contributed by atoms with Crippen LogP contribution in [-0.4, -0.2) is 56.7 Å². The smallest absolute Gasteiger partial charge is 0.295 e. The zero-order valence-corrected chi connectivity index (χ0v) is 17.0. The Kier molecular flexibility index (Phi) is 6.58. The first-order valence-corrected chi connectivity index (χ1v) is 10.1. The number of benzene rings is 1.